The Kier molecular flexibility index (Phi) is 6.38. The van der Waals surface area contributed by atoms with Crippen molar-refractivity contribution in [2.45, 2.75) is 6.42 Å². The van der Waals surface area contributed by atoms with E-state index in [2.05, 4.69) is 15.5 Å². The van der Waals surface area contributed by atoms with Crippen molar-refractivity contribution < 1.29 is 9.59 Å². The number of halogens is 1. The Bertz CT molecular complexity index is 293. The fourth-order valence-corrected chi connectivity index (χ4v) is 2.20. The van der Waals surface area contributed by atoms with E-state index >= 15 is 0 Å². The van der Waals surface area contributed by atoms with Gasteiger partial charge in [-0.2, -0.15) is 0 Å². The van der Waals surface area contributed by atoms with E-state index in [0.29, 0.717) is 19.6 Å². The molecule has 0 unspecified atom stereocenters. The van der Waals surface area contributed by atoms with Crippen LogP contribution < -0.4 is 10.6 Å². The Morgan fingerprint density at radius 1 is 1.17 bits per heavy atom. The predicted octanol–water partition coefficient (Wildman–Crippen LogP) is -1.34. The molecule has 0 radical (unpaired) electrons. The number of rotatable bonds is 2. The highest BCUT2D eigenvalue weighted by atomic mass is 35.5. The van der Waals surface area contributed by atoms with Gasteiger partial charge in [-0.1, -0.05) is 0 Å². The average Bonchev–Trinajstić information content (AvgIpc) is 2.57. The van der Waals surface area contributed by atoms with Crippen LogP contribution in [0.2, 0.25) is 0 Å². The number of carbonyl (C=O) groups excluding carboxylic acids is 2. The third-order valence-corrected chi connectivity index (χ3v) is 3.18. The van der Waals surface area contributed by atoms with Crippen molar-refractivity contribution in [1.82, 2.24) is 20.4 Å². The maximum Gasteiger partial charge on any atom is 0.239 e. The second-order valence-corrected chi connectivity index (χ2v) is 4.54. The quantitative estimate of drug-likeness (QED) is 0.655. The van der Waals surface area contributed by atoms with Gasteiger partial charge in [-0.05, 0) is 19.5 Å². The first-order valence-corrected chi connectivity index (χ1v) is 6.23. The van der Waals surface area contributed by atoms with Crippen molar-refractivity contribution in [3.8, 4) is 0 Å². The summed E-state index contributed by atoms with van der Waals surface area (Å²) < 4.78 is 0. The van der Waals surface area contributed by atoms with Crippen LogP contribution in [0.3, 0.4) is 0 Å². The van der Waals surface area contributed by atoms with Crippen molar-refractivity contribution >= 4 is 24.2 Å². The van der Waals surface area contributed by atoms with E-state index in [4.69, 9.17) is 0 Å². The highest BCUT2D eigenvalue weighted by Crippen LogP contribution is 2.00. The molecule has 0 saturated carbocycles. The number of hydrogen-bond acceptors (Lipinski definition) is 4. The fraction of sp³-hybridized carbons (Fsp3) is 0.818. The molecule has 0 atom stereocenters. The third kappa shape index (κ3) is 4.44. The zero-order valence-corrected chi connectivity index (χ0v) is 11.3. The van der Waals surface area contributed by atoms with E-state index in [1.807, 2.05) is 0 Å². The molecule has 2 rings (SSSR count). The molecule has 0 bridgehead atoms. The van der Waals surface area contributed by atoms with E-state index in [0.717, 1.165) is 32.6 Å². The van der Waals surface area contributed by atoms with E-state index < -0.39 is 0 Å². The van der Waals surface area contributed by atoms with Gasteiger partial charge in [-0.15, -0.1) is 12.4 Å². The van der Waals surface area contributed by atoms with Gasteiger partial charge in [0.1, 0.15) is 0 Å². The van der Waals surface area contributed by atoms with Crippen LogP contribution in [0.25, 0.3) is 0 Å². The lowest BCUT2D eigenvalue weighted by atomic mass is 10.3. The van der Waals surface area contributed by atoms with Gasteiger partial charge in [0, 0.05) is 26.2 Å². The minimum Gasteiger partial charge on any atom is -0.353 e. The van der Waals surface area contributed by atoms with Gasteiger partial charge in [-0.25, -0.2) is 0 Å². The van der Waals surface area contributed by atoms with Gasteiger partial charge >= 0.3 is 0 Å². The van der Waals surface area contributed by atoms with Crippen molar-refractivity contribution in [1.29, 1.82) is 0 Å². The number of nitrogens with zero attached hydrogens (tertiary/aromatic N) is 2. The van der Waals surface area contributed by atoms with Gasteiger partial charge in [-0.3, -0.25) is 14.5 Å². The second kappa shape index (κ2) is 7.56. The summed E-state index contributed by atoms with van der Waals surface area (Å²) in [6, 6.07) is 0. The maximum atomic E-state index is 12.0. The average molecular weight is 277 g/mol. The molecule has 2 aliphatic heterocycles. The van der Waals surface area contributed by atoms with Crippen LogP contribution in [0.4, 0.5) is 0 Å². The molecule has 2 N–H and O–H groups in total. The highest BCUT2D eigenvalue weighted by molar-refractivity contribution is 5.86. The van der Waals surface area contributed by atoms with Crippen LogP contribution in [0.15, 0.2) is 0 Å². The van der Waals surface area contributed by atoms with Gasteiger partial charge < -0.3 is 15.5 Å². The number of nitrogens with one attached hydrogen (secondary N) is 2. The molecule has 2 saturated heterocycles. The summed E-state index contributed by atoms with van der Waals surface area (Å²) in [7, 11) is 0. The van der Waals surface area contributed by atoms with Crippen LogP contribution in [-0.2, 0) is 9.59 Å². The molecular weight excluding hydrogens is 256 g/mol. The monoisotopic (exact) mass is 276 g/mol. The lowest BCUT2D eigenvalue weighted by Gasteiger charge is -2.29. The zero-order valence-electron chi connectivity index (χ0n) is 10.5. The lowest BCUT2D eigenvalue weighted by molar-refractivity contribution is -0.139. The summed E-state index contributed by atoms with van der Waals surface area (Å²) in [5.41, 5.74) is 0. The van der Waals surface area contributed by atoms with Crippen molar-refractivity contribution in [2.75, 3.05) is 52.4 Å². The Labute approximate surface area is 113 Å². The minimum atomic E-state index is -0.0536. The predicted molar refractivity (Wildman–Crippen MR) is 70.8 cm³/mol. The number of piperazine rings is 1. The molecule has 0 aromatic heterocycles. The number of hydrogen-bond donors (Lipinski definition) is 2. The molecule has 7 heteroatoms. The topological polar surface area (TPSA) is 64.7 Å². The lowest BCUT2D eigenvalue weighted by Crippen LogP contribution is -2.52. The molecule has 2 amide bonds. The molecule has 0 spiro atoms. The second-order valence-electron chi connectivity index (χ2n) is 4.54. The summed E-state index contributed by atoms with van der Waals surface area (Å²) in [5, 5.41) is 6.03. The highest BCUT2D eigenvalue weighted by Gasteiger charge is 2.22. The van der Waals surface area contributed by atoms with Gasteiger partial charge in [0.25, 0.3) is 0 Å². The van der Waals surface area contributed by atoms with Gasteiger partial charge in [0.15, 0.2) is 0 Å². The van der Waals surface area contributed by atoms with E-state index in [9.17, 15) is 9.59 Å². The third-order valence-electron chi connectivity index (χ3n) is 3.18. The van der Waals surface area contributed by atoms with Crippen LogP contribution >= 0.6 is 12.4 Å². The Morgan fingerprint density at radius 2 is 2.00 bits per heavy atom. The maximum absolute atomic E-state index is 12.0. The van der Waals surface area contributed by atoms with Crippen molar-refractivity contribution in [3.05, 3.63) is 0 Å². The Balaban J connectivity index is 0.00000162. The Hall–Kier alpha value is -0.850. The first-order chi connectivity index (χ1) is 8.25. The SMILES string of the molecule is Cl.O=C1CN(C(=O)CN2CCCNCC2)CCN1. The van der Waals surface area contributed by atoms with Crippen LogP contribution in [0, 0.1) is 0 Å². The van der Waals surface area contributed by atoms with Crippen molar-refractivity contribution in [3.63, 3.8) is 0 Å². The molecule has 18 heavy (non-hydrogen) atoms. The number of carbonyl (C=O) groups is 2. The van der Waals surface area contributed by atoms with Crippen LogP contribution in [-0.4, -0.2) is 74.0 Å². The standard InChI is InChI=1S/C11H20N4O2.ClH/c16-10-8-15(7-4-13-10)11(17)9-14-5-1-2-12-3-6-14;/h12H,1-9H2,(H,13,16);1H. The molecule has 0 aliphatic carbocycles. The Morgan fingerprint density at radius 3 is 2.78 bits per heavy atom. The molecule has 104 valence electrons. The van der Waals surface area contributed by atoms with Gasteiger partial charge in [0.05, 0.1) is 13.1 Å². The molecule has 2 aliphatic rings. The summed E-state index contributed by atoms with van der Waals surface area (Å²) >= 11 is 0. The first-order valence-electron chi connectivity index (χ1n) is 6.23. The molecule has 2 heterocycles. The normalized spacial score (nSPS) is 21.8. The first kappa shape index (κ1) is 15.2. The summed E-state index contributed by atoms with van der Waals surface area (Å²) in [6.45, 7) is 5.69. The minimum absolute atomic E-state index is 0. The smallest absolute Gasteiger partial charge is 0.239 e. The summed E-state index contributed by atoms with van der Waals surface area (Å²) in [6.07, 6.45) is 1.08. The molecule has 6 nitrogen and oxygen atoms in total. The van der Waals surface area contributed by atoms with Crippen molar-refractivity contribution in [2.24, 2.45) is 0 Å². The van der Waals surface area contributed by atoms with E-state index in [-0.39, 0.29) is 30.8 Å². The molecule has 2 fully saturated rings. The van der Waals surface area contributed by atoms with Gasteiger partial charge in [0.2, 0.25) is 11.8 Å². The van der Waals surface area contributed by atoms with Crippen LogP contribution in [0.5, 0.6) is 0 Å². The summed E-state index contributed by atoms with van der Waals surface area (Å²) in [5.74, 6) is 0.0175. The molecule has 0 aromatic carbocycles. The van der Waals surface area contributed by atoms with Crippen LogP contribution in [0.1, 0.15) is 6.42 Å². The largest absolute Gasteiger partial charge is 0.353 e. The van der Waals surface area contributed by atoms with E-state index in [1.54, 1.807) is 4.90 Å². The molecule has 0 aromatic rings. The fourth-order valence-electron chi connectivity index (χ4n) is 2.20. The molecular formula is C11H21ClN4O2. The van der Waals surface area contributed by atoms with E-state index in [1.165, 1.54) is 0 Å². The summed E-state index contributed by atoms with van der Waals surface area (Å²) in [4.78, 5) is 27.0. The zero-order chi connectivity index (χ0) is 12.1. The number of amides is 2.